The van der Waals surface area contributed by atoms with Gasteiger partial charge in [-0.25, -0.2) is 0 Å². The van der Waals surface area contributed by atoms with Crippen LogP contribution in [0.3, 0.4) is 0 Å². The average Bonchev–Trinajstić information content (AvgIpc) is 2.75. The van der Waals surface area contributed by atoms with E-state index in [9.17, 15) is 0 Å². The molecule has 0 saturated carbocycles. The summed E-state index contributed by atoms with van der Waals surface area (Å²) in [6.07, 6.45) is 4.69. The number of anilines is 1. The third-order valence-corrected chi connectivity index (χ3v) is 4.19. The third-order valence-electron chi connectivity index (χ3n) is 4.19. The predicted molar refractivity (Wildman–Crippen MR) is 90.4 cm³/mol. The normalized spacial score (nSPS) is 11.3. The number of hydrogen-bond acceptors (Lipinski definition) is 2. The van der Waals surface area contributed by atoms with Crippen molar-refractivity contribution >= 4 is 5.82 Å². The zero-order valence-corrected chi connectivity index (χ0v) is 13.7. The Hall–Kier alpha value is -1.77. The zero-order valence-electron chi connectivity index (χ0n) is 13.7. The number of aryl methyl sites for hydroxylation is 2. The Kier molecular flexibility index (Phi) is 5.05. The van der Waals surface area contributed by atoms with Crippen molar-refractivity contribution in [2.45, 2.75) is 52.4 Å². The van der Waals surface area contributed by atoms with Crippen LogP contribution >= 0.6 is 0 Å². The minimum atomic E-state index is 0.498. The highest BCUT2D eigenvalue weighted by Crippen LogP contribution is 2.38. The fourth-order valence-electron chi connectivity index (χ4n) is 3.09. The topological polar surface area (TPSA) is 43.8 Å². The summed E-state index contributed by atoms with van der Waals surface area (Å²) in [5.74, 6) is 1.27. The lowest BCUT2D eigenvalue weighted by atomic mass is 9.89. The molecule has 0 saturated heterocycles. The maximum Gasteiger partial charge on any atom is 0.129 e. The molecule has 0 unspecified atom stereocenters. The van der Waals surface area contributed by atoms with Crippen LogP contribution in [-0.2, 0) is 7.05 Å². The Bertz CT molecular complexity index is 593. The molecule has 114 valence electrons. The van der Waals surface area contributed by atoms with Crippen LogP contribution in [0.1, 0.15) is 56.7 Å². The van der Waals surface area contributed by atoms with E-state index in [0.29, 0.717) is 5.92 Å². The number of nitrogen functional groups attached to an aromatic ring is 1. The average molecular weight is 285 g/mol. The molecule has 0 radical (unpaired) electrons. The van der Waals surface area contributed by atoms with Gasteiger partial charge in [0.1, 0.15) is 5.82 Å². The van der Waals surface area contributed by atoms with Crippen molar-refractivity contribution in [3.8, 4) is 11.1 Å². The molecule has 3 heteroatoms. The number of nitrogens with two attached hydrogens (primary N) is 1. The number of nitrogens with zero attached hydrogens (tertiary/aromatic N) is 2. The Morgan fingerprint density at radius 1 is 1.14 bits per heavy atom. The van der Waals surface area contributed by atoms with Crippen molar-refractivity contribution in [2.75, 3.05) is 5.73 Å². The highest BCUT2D eigenvalue weighted by molar-refractivity contribution is 5.79. The maximum absolute atomic E-state index is 6.33. The molecule has 0 atom stereocenters. The summed E-state index contributed by atoms with van der Waals surface area (Å²) >= 11 is 0. The van der Waals surface area contributed by atoms with E-state index in [4.69, 9.17) is 10.8 Å². The van der Waals surface area contributed by atoms with E-state index in [0.717, 1.165) is 11.4 Å². The van der Waals surface area contributed by atoms with Gasteiger partial charge < -0.3 is 5.73 Å². The summed E-state index contributed by atoms with van der Waals surface area (Å²) in [7, 11) is 1.94. The first kappa shape index (κ1) is 15.6. The van der Waals surface area contributed by atoms with E-state index < -0.39 is 0 Å². The minimum absolute atomic E-state index is 0.498. The Balaban J connectivity index is 2.57. The second-order valence-electron chi connectivity index (χ2n) is 5.86. The Morgan fingerprint density at radius 3 is 2.33 bits per heavy atom. The molecular formula is C18H27N3. The fourth-order valence-corrected chi connectivity index (χ4v) is 3.09. The van der Waals surface area contributed by atoms with Gasteiger partial charge in [0, 0.05) is 18.5 Å². The lowest BCUT2D eigenvalue weighted by Crippen LogP contribution is -2.02. The second kappa shape index (κ2) is 6.79. The van der Waals surface area contributed by atoms with Crippen LogP contribution in [0.5, 0.6) is 0 Å². The van der Waals surface area contributed by atoms with E-state index in [2.05, 4.69) is 45.0 Å². The summed E-state index contributed by atoms with van der Waals surface area (Å²) in [6, 6.07) is 8.44. The molecule has 0 aliphatic carbocycles. The SMILES string of the molecule is CCCC(CCC)c1nn(C)c(N)c1-c1ccccc1C. The number of aromatic nitrogens is 2. The van der Waals surface area contributed by atoms with Gasteiger partial charge in [0.2, 0.25) is 0 Å². The Labute approximate surface area is 128 Å². The molecule has 2 N–H and O–H groups in total. The minimum Gasteiger partial charge on any atom is -0.383 e. The first-order valence-electron chi connectivity index (χ1n) is 7.98. The first-order chi connectivity index (χ1) is 10.1. The van der Waals surface area contributed by atoms with Crippen molar-refractivity contribution in [2.24, 2.45) is 7.05 Å². The molecule has 0 aliphatic rings. The third kappa shape index (κ3) is 3.12. The molecule has 0 bridgehead atoms. The molecule has 0 spiro atoms. The predicted octanol–water partition coefficient (Wildman–Crippen LogP) is 4.66. The zero-order chi connectivity index (χ0) is 15.4. The van der Waals surface area contributed by atoms with Crippen LogP contribution < -0.4 is 5.73 Å². The number of hydrogen-bond donors (Lipinski definition) is 1. The monoisotopic (exact) mass is 285 g/mol. The number of benzene rings is 1. The van der Waals surface area contributed by atoms with Gasteiger partial charge >= 0.3 is 0 Å². The quantitative estimate of drug-likeness (QED) is 0.838. The second-order valence-corrected chi connectivity index (χ2v) is 5.86. The molecule has 0 aliphatic heterocycles. The lowest BCUT2D eigenvalue weighted by molar-refractivity contribution is 0.540. The summed E-state index contributed by atoms with van der Waals surface area (Å²) in [5.41, 5.74) is 11.1. The first-order valence-corrected chi connectivity index (χ1v) is 7.98. The van der Waals surface area contributed by atoms with E-state index in [1.165, 1.54) is 42.5 Å². The van der Waals surface area contributed by atoms with Gasteiger partial charge in [-0.2, -0.15) is 5.10 Å². The van der Waals surface area contributed by atoms with E-state index in [-0.39, 0.29) is 0 Å². The van der Waals surface area contributed by atoms with Crippen molar-refractivity contribution in [1.82, 2.24) is 9.78 Å². The van der Waals surface area contributed by atoms with E-state index in [1.807, 2.05) is 11.7 Å². The highest BCUT2D eigenvalue weighted by atomic mass is 15.3. The molecular weight excluding hydrogens is 258 g/mol. The van der Waals surface area contributed by atoms with Gasteiger partial charge in [0.15, 0.2) is 0 Å². The molecule has 2 rings (SSSR count). The molecule has 0 amide bonds. The summed E-state index contributed by atoms with van der Waals surface area (Å²) in [6.45, 7) is 6.62. The van der Waals surface area contributed by atoms with E-state index >= 15 is 0 Å². The van der Waals surface area contributed by atoms with Crippen LogP contribution in [0, 0.1) is 6.92 Å². The maximum atomic E-state index is 6.33. The highest BCUT2D eigenvalue weighted by Gasteiger charge is 2.23. The van der Waals surface area contributed by atoms with Crippen molar-refractivity contribution in [3.63, 3.8) is 0 Å². The van der Waals surface area contributed by atoms with Gasteiger partial charge in [0.25, 0.3) is 0 Å². The van der Waals surface area contributed by atoms with Gasteiger partial charge in [-0.3, -0.25) is 4.68 Å². The lowest BCUT2D eigenvalue weighted by Gasteiger charge is -2.16. The van der Waals surface area contributed by atoms with Crippen molar-refractivity contribution in [1.29, 1.82) is 0 Å². The van der Waals surface area contributed by atoms with Gasteiger partial charge in [-0.1, -0.05) is 51.0 Å². The smallest absolute Gasteiger partial charge is 0.129 e. The van der Waals surface area contributed by atoms with Crippen LogP contribution in [0.4, 0.5) is 5.82 Å². The molecule has 1 heterocycles. The molecule has 21 heavy (non-hydrogen) atoms. The molecule has 1 aromatic carbocycles. The Morgan fingerprint density at radius 2 is 1.76 bits per heavy atom. The summed E-state index contributed by atoms with van der Waals surface area (Å²) in [5, 5.41) is 4.76. The van der Waals surface area contributed by atoms with Crippen LogP contribution in [0.2, 0.25) is 0 Å². The standard InChI is InChI=1S/C18H27N3/c1-5-9-14(10-6-2)17-16(18(19)21(4)20-17)15-12-8-7-11-13(15)3/h7-8,11-12,14H,5-6,9-10,19H2,1-4H3. The fraction of sp³-hybridized carbons (Fsp3) is 0.500. The summed E-state index contributed by atoms with van der Waals surface area (Å²) in [4.78, 5) is 0. The largest absolute Gasteiger partial charge is 0.383 e. The molecule has 2 aromatic rings. The van der Waals surface area contributed by atoms with Gasteiger partial charge in [-0.15, -0.1) is 0 Å². The van der Waals surface area contributed by atoms with Crippen molar-refractivity contribution < 1.29 is 0 Å². The van der Waals surface area contributed by atoms with Crippen molar-refractivity contribution in [3.05, 3.63) is 35.5 Å². The molecule has 3 nitrogen and oxygen atoms in total. The van der Waals surface area contributed by atoms with E-state index in [1.54, 1.807) is 0 Å². The summed E-state index contributed by atoms with van der Waals surface area (Å²) < 4.78 is 1.83. The van der Waals surface area contributed by atoms with Gasteiger partial charge in [-0.05, 0) is 30.9 Å². The van der Waals surface area contributed by atoms with Crippen LogP contribution in [0.25, 0.3) is 11.1 Å². The van der Waals surface area contributed by atoms with Gasteiger partial charge in [0.05, 0.1) is 5.69 Å². The van der Waals surface area contributed by atoms with Crippen LogP contribution in [0.15, 0.2) is 24.3 Å². The molecule has 0 fully saturated rings. The molecule has 1 aromatic heterocycles. The number of rotatable bonds is 6. The van der Waals surface area contributed by atoms with Crippen LogP contribution in [-0.4, -0.2) is 9.78 Å².